The summed E-state index contributed by atoms with van der Waals surface area (Å²) >= 11 is 0. The first-order chi connectivity index (χ1) is 9.81. The summed E-state index contributed by atoms with van der Waals surface area (Å²) in [5.74, 6) is -1.85. The molecule has 0 radical (unpaired) electrons. The summed E-state index contributed by atoms with van der Waals surface area (Å²) in [5.41, 5.74) is -0.648. The highest BCUT2D eigenvalue weighted by molar-refractivity contribution is 5.87. The Morgan fingerprint density at radius 3 is 2.62 bits per heavy atom. The van der Waals surface area contributed by atoms with Crippen LogP contribution in [-0.4, -0.2) is 35.7 Å². The van der Waals surface area contributed by atoms with E-state index in [0.717, 1.165) is 0 Å². The van der Waals surface area contributed by atoms with Crippen LogP contribution in [0.25, 0.3) is 0 Å². The maximum Gasteiger partial charge on any atom is 0.347 e. The van der Waals surface area contributed by atoms with Gasteiger partial charge in [-0.3, -0.25) is 4.79 Å². The van der Waals surface area contributed by atoms with Crippen molar-refractivity contribution in [1.29, 1.82) is 0 Å². The van der Waals surface area contributed by atoms with Gasteiger partial charge >= 0.3 is 17.9 Å². The molecule has 21 heavy (non-hydrogen) atoms. The van der Waals surface area contributed by atoms with Gasteiger partial charge in [0.1, 0.15) is 11.7 Å². The summed E-state index contributed by atoms with van der Waals surface area (Å²) in [5, 5.41) is 0. The molecular weight excluding hydrogens is 276 g/mol. The number of hydrogen-bond acceptors (Lipinski definition) is 6. The second-order valence-electron chi connectivity index (χ2n) is 6.31. The highest BCUT2D eigenvalue weighted by Crippen LogP contribution is 2.48. The van der Waals surface area contributed by atoms with Crippen LogP contribution in [0.3, 0.4) is 0 Å². The van der Waals surface area contributed by atoms with Gasteiger partial charge in [0, 0.05) is 24.3 Å². The minimum Gasteiger partial charge on any atom is -0.455 e. The van der Waals surface area contributed by atoms with Gasteiger partial charge in [0.05, 0.1) is 5.92 Å². The maximum absolute atomic E-state index is 12.0. The van der Waals surface area contributed by atoms with E-state index in [1.807, 2.05) is 0 Å². The van der Waals surface area contributed by atoms with Gasteiger partial charge in [-0.05, 0) is 20.3 Å². The average molecular weight is 294 g/mol. The quantitative estimate of drug-likeness (QED) is 0.431. The number of esters is 3. The second-order valence-corrected chi connectivity index (χ2v) is 6.31. The summed E-state index contributed by atoms with van der Waals surface area (Å²) in [6.45, 7) is 6.92. The molecule has 6 nitrogen and oxygen atoms in total. The molecule has 4 bridgehead atoms. The van der Waals surface area contributed by atoms with Gasteiger partial charge in [0.25, 0.3) is 0 Å². The van der Waals surface area contributed by atoms with Crippen molar-refractivity contribution in [2.24, 2.45) is 11.8 Å². The molecule has 0 aromatic carbocycles. The summed E-state index contributed by atoms with van der Waals surface area (Å²) in [6, 6.07) is 0. The van der Waals surface area contributed by atoms with Gasteiger partial charge < -0.3 is 14.2 Å². The zero-order chi connectivity index (χ0) is 15.4. The van der Waals surface area contributed by atoms with Gasteiger partial charge in [-0.15, -0.1) is 0 Å². The third kappa shape index (κ3) is 2.13. The SMILES string of the molecule is C=C(C)C(=O)OC1(C)C2CC3CC1OC(=O)C(C2)OC3=O. The molecule has 3 rings (SSSR count). The molecule has 2 aliphatic heterocycles. The zero-order valence-electron chi connectivity index (χ0n) is 12.1. The molecule has 0 aromatic heterocycles. The fourth-order valence-electron chi connectivity index (χ4n) is 3.46. The highest BCUT2D eigenvalue weighted by atomic mass is 16.6. The lowest BCUT2D eigenvalue weighted by Gasteiger charge is -2.45. The summed E-state index contributed by atoms with van der Waals surface area (Å²) in [7, 11) is 0. The normalized spacial score (nSPS) is 40.9. The monoisotopic (exact) mass is 294 g/mol. The molecule has 6 heteroatoms. The van der Waals surface area contributed by atoms with Crippen LogP contribution in [-0.2, 0) is 28.6 Å². The van der Waals surface area contributed by atoms with Crippen molar-refractivity contribution in [3.63, 3.8) is 0 Å². The molecule has 0 N–H and O–H groups in total. The predicted octanol–water partition coefficient (Wildman–Crippen LogP) is 1.13. The number of fused-ring (bicyclic) bond motifs is 3. The van der Waals surface area contributed by atoms with Crippen LogP contribution in [0.2, 0.25) is 0 Å². The van der Waals surface area contributed by atoms with E-state index in [-0.39, 0.29) is 17.8 Å². The lowest BCUT2D eigenvalue weighted by Crippen LogP contribution is -2.55. The molecule has 3 aliphatic rings. The van der Waals surface area contributed by atoms with E-state index >= 15 is 0 Å². The summed E-state index contributed by atoms with van der Waals surface area (Å²) in [6.07, 6.45) is -0.302. The molecule has 0 aromatic rings. The van der Waals surface area contributed by atoms with Crippen LogP contribution in [0.5, 0.6) is 0 Å². The topological polar surface area (TPSA) is 78.9 Å². The first-order valence-electron chi connectivity index (χ1n) is 7.11. The Labute approximate surface area is 122 Å². The first kappa shape index (κ1) is 14.1. The van der Waals surface area contributed by atoms with Crippen molar-refractivity contribution >= 4 is 17.9 Å². The molecule has 0 spiro atoms. The number of carbonyl (C=O) groups is 3. The van der Waals surface area contributed by atoms with Gasteiger partial charge in [-0.2, -0.15) is 0 Å². The lowest BCUT2D eigenvalue weighted by molar-refractivity contribution is -0.204. The van der Waals surface area contributed by atoms with E-state index < -0.39 is 29.7 Å². The van der Waals surface area contributed by atoms with Gasteiger partial charge in [-0.1, -0.05) is 6.58 Å². The smallest absolute Gasteiger partial charge is 0.347 e. The van der Waals surface area contributed by atoms with Crippen LogP contribution in [0, 0.1) is 11.8 Å². The maximum atomic E-state index is 12.0. The van der Waals surface area contributed by atoms with E-state index in [9.17, 15) is 14.4 Å². The number of carbonyl (C=O) groups excluding carboxylic acids is 3. The molecule has 1 saturated carbocycles. The van der Waals surface area contributed by atoms with E-state index in [0.29, 0.717) is 24.8 Å². The van der Waals surface area contributed by atoms with Crippen molar-refractivity contribution < 1.29 is 28.6 Å². The van der Waals surface area contributed by atoms with Gasteiger partial charge in [-0.25, -0.2) is 9.59 Å². The molecule has 0 amide bonds. The summed E-state index contributed by atoms with van der Waals surface area (Å²) in [4.78, 5) is 35.9. The minimum absolute atomic E-state index is 0.146. The van der Waals surface area contributed by atoms with Crippen molar-refractivity contribution in [2.45, 2.75) is 50.9 Å². The Balaban J connectivity index is 1.97. The van der Waals surface area contributed by atoms with Crippen LogP contribution in [0.15, 0.2) is 12.2 Å². The Hall–Kier alpha value is -1.85. The molecule has 5 unspecified atom stereocenters. The Bertz CT molecular complexity index is 538. The van der Waals surface area contributed by atoms with Crippen LogP contribution < -0.4 is 0 Å². The molecular formula is C15H18O6. The minimum atomic E-state index is -0.940. The van der Waals surface area contributed by atoms with E-state index in [2.05, 4.69) is 6.58 Å². The average Bonchev–Trinajstić information content (AvgIpc) is 2.55. The lowest BCUT2D eigenvalue weighted by atomic mass is 9.69. The van der Waals surface area contributed by atoms with E-state index in [1.54, 1.807) is 13.8 Å². The van der Waals surface area contributed by atoms with Crippen LogP contribution in [0.1, 0.15) is 33.1 Å². The third-order valence-electron chi connectivity index (χ3n) is 4.79. The van der Waals surface area contributed by atoms with Crippen LogP contribution in [0.4, 0.5) is 0 Å². The molecule has 2 saturated heterocycles. The molecule has 5 atom stereocenters. The standard InChI is InChI=1S/C15H18O6/c1-7(2)12(16)21-15(3)9-4-8-5-11(15)20-14(18)10(6-9)19-13(8)17/h8-11H,1,4-6H2,2-3H3. The fourth-order valence-corrected chi connectivity index (χ4v) is 3.46. The Morgan fingerprint density at radius 1 is 1.24 bits per heavy atom. The molecule has 2 heterocycles. The summed E-state index contributed by atoms with van der Waals surface area (Å²) < 4.78 is 16.2. The predicted molar refractivity (Wildman–Crippen MR) is 69.9 cm³/mol. The second kappa shape index (κ2) is 4.58. The van der Waals surface area contributed by atoms with Gasteiger partial charge in [0.15, 0.2) is 6.10 Å². The van der Waals surface area contributed by atoms with Crippen molar-refractivity contribution in [1.82, 2.24) is 0 Å². The molecule has 3 fully saturated rings. The largest absolute Gasteiger partial charge is 0.455 e. The van der Waals surface area contributed by atoms with Crippen LogP contribution >= 0.6 is 0 Å². The molecule has 114 valence electrons. The van der Waals surface area contributed by atoms with Crippen molar-refractivity contribution in [2.75, 3.05) is 0 Å². The van der Waals surface area contributed by atoms with Crippen molar-refractivity contribution in [3.8, 4) is 0 Å². The van der Waals surface area contributed by atoms with E-state index in [4.69, 9.17) is 14.2 Å². The van der Waals surface area contributed by atoms with Gasteiger partial charge in [0.2, 0.25) is 0 Å². The first-order valence-corrected chi connectivity index (χ1v) is 7.11. The Morgan fingerprint density at radius 2 is 1.95 bits per heavy atom. The zero-order valence-corrected chi connectivity index (χ0v) is 12.1. The third-order valence-corrected chi connectivity index (χ3v) is 4.79. The van der Waals surface area contributed by atoms with Crippen molar-refractivity contribution in [3.05, 3.63) is 12.2 Å². The molecule has 1 aliphatic carbocycles. The fraction of sp³-hybridized carbons (Fsp3) is 0.667. The van der Waals surface area contributed by atoms with E-state index in [1.165, 1.54) is 0 Å². The number of ether oxygens (including phenoxy) is 3. The number of rotatable bonds is 2. The Kier molecular flexibility index (Phi) is 3.07. The highest BCUT2D eigenvalue weighted by Gasteiger charge is 2.59. The number of hydrogen-bond donors (Lipinski definition) is 0.